The lowest BCUT2D eigenvalue weighted by Crippen LogP contribution is -2.60. The van der Waals surface area contributed by atoms with E-state index in [-0.39, 0.29) is 10.9 Å². The van der Waals surface area contributed by atoms with Gasteiger partial charge >= 0.3 is 0 Å². The molecule has 23 heavy (non-hydrogen) atoms. The van der Waals surface area contributed by atoms with Gasteiger partial charge in [-0.15, -0.1) is 0 Å². The smallest absolute Gasteiger partial charge is 0.229 e. The fraction of sp³-hybridized carbons (Fsp3) is 0.429. The molecule has 1 aromatic heterocycles. The Morgan fingerprint density at radius 3 is 2.74 bits per heavy atom. The predicted molar refractivity (Wildman–Crippen MR) is 85.4 cm³/mol. The highest BCUT2D eigenvalue weighted by Gasteiger charge is 2.45. The van der Waals surface area contributed by atoms with Gasteiger partial charge in [-0.1, -0.05) is 27.5 Å². The Kier molecular flexibility index (Phi) is 4.46. The highest BCUT2D eigenvalue weighted by Crippen LogP contribution is 2.37. The molecule has 0 spiro atoms. The summed E-state index contributed by atoms with van der Waals surface area (Å²) in [6, 6.07) is 5.09. The van der Waals surface area contributed by atoms with Crippen LogP contribution < -0.4 is 4.74 Å². The fourth-order valence-electron chi connectivity index (χ4n) is 2.45. The number of aromatic nitrogens is 1. The molecule has 0 saturated carbocycles. The van der Waals surface area contributed by atoms with Crippen LogP contribution in [0.15, 0.2) is 22.7 Å². The zero-order chi connectivity index (χ0) is 17.6. The molecule has 0 aliphatic carbocycles. The van der Waals surface area contributed by atoms with E-state index in [9.17, 15) is 20.4 Å². The largest absolute Gasteiger partial charge is 0.458 e. The number of aliphatic hydroxyl groups excluding tert-OH is 4. The second-order valence-electron chi connectivity index (χ2n) is 5.21. The second-order valence-corrected chi connectivity index (χ2v) is 6.48. The summed E-state index contributed by atoms with van der Waals surface area (Å²) >= 11 is 9.45. The van der Waals surface area contributed by atoms with Crippen molar-refractivity contribution < 1.29 is 31.3 Å². The fourth-order valence-corrected chi connectivity index (χ4v) is 3.05. The Hall–Kier alpha value is -0.870. The van der Waals surface area contributed by atoms with Crippen LogP contribution in [0, 0.1) is 0 Å². The van der Waals surface area contributed by atoms with Gasteiger partial charge in [0.2, 0.25) is 6.29 Å². The molecule has 0 radical (unpaired) electrons. The van der Waals surface area contributed by atoms with Crippen molar-refractivity contribution in [2.24, 2.45) is 0 Å². The second kappa shape index (κ2) is 6.56. The van der Waals surface area contributed by atoms with E-state index in [1.807, 2.05) is 0 Å². The van der Waals surface area contributed by atoms with E-state index in [0.29, 0.717) is 10.9 Å². The predicted octanol–water partition coefficient (Wildman–Crippen LogP) is 0.762. The number of benzene rings is 1. The number of aromatic amines is 1. The van der Waals surface area contributed by atoms with Crippen LogP contribution >= 0.6 is 27.5 Å². The van der Waals surface area contributed by atoms with Crippen LogP contribution in [0.3, 0.4) is 0 Å². The van der Waals surface area contributed by atoms with E-state index in [1.54, 1.807) is 18.2 Å². The molecule has 3 rings (SSSR count). The Morgan fingerprint density at radius 1 is 1.30 bits per heavy atom. The molecule has 126 valence electrons. The van der Waals surface area contributed by atoms with Gasteiger partial charge in [0.15, 0.2) is 7.16 Å². The van der Waals surface area contributed by atoms with Crippen LogP contribution in [-0.2, 0) is 4.74 Å². The molecule has 5 atom stereocenters. The lowest BCUT2D eigenvalue weighted by Gasteiger charge is -2.39. The molecule has 1 saturated heterocycles. The van der Waals surface area contributed by atoms with E-state index < -0.39 is 37.3 Å². The monoisotopic (exact) mass is 408 g/mol. The molecule has 1 unspecified atom stereocenters. The summed E-state index contributed by atoms with van der Waals surface area (Å²) in [5.41, 5.74) is 0.475. The molecule has 9 heteroatoms. The van der Waals surface area contributed by atoms with Crippen LogP contribution in [0.25, 0.3) is 10.9 Å². The molecular weight excluding hydrogens is 394 g/mol. The first-order chi connectivity index (χ1) is 11.3. The average molecular weight is 410 g/mol. The average Bonchev–Trinajstić information content (AvgIpc) is 2.79. The minimum Gasteiger partial charge on any atom is -0.458 e. The van der Waals surface area contributed by atoms with Gasteiger partial charge in [0.1, 0.15) is 29.6 Å². The number of H-pyrrole nitrogens is 1. The minimum absolute atomic E-state index is 0.0416. The van der Waals surface area contributed by atoms with Crippen molar-refractivity contribution in [2.45, 2.75) is 30.7 Å². The van der Waals surface area contributed by atoms with Gasteiger partial charge in [0.25, 0.3) is 0 Å². The summed E-state index contributed by atoms with van der Waals surface area (Å²) < 4.78 is 19.6. The van der Waals surface area contributed by atoms with Crippen molar-refractivity contribution in [3.63, 3.8) is 0 Å². The first-order valence-corrected chi connectivity index (χ1v) is 7.98. The van der Waals surface area contributed by atoms with Crippen molar-refractivity contribution in [1.29, 1.82) is 0 Å². The minimum atomic E-state index is -1.56. The lowest BCUT2D eigenvalue weighted by molar-refractivity contribution is -0.277. The van der Waals surface area contributed by atoms with Crippen molar-refractivity contribution in [3.8, 4) is 5.75 Å². The topological polar surface area (TPSA) is 115 Å². The van der Waals surface area contributed by atoms with Crippen LogP contribution in [-0.4, -0.2) is 62.7 Å². The quantitative estimate of drug-likeness (QED) is 0.511. The van der Waals surface area contributed by atoms with Gasteiger partial charge in [-0.25, -0.2) is 0 Å². The summed E-state index contributed by atoms with van der Waals surface area (Å²) in [6.07, 6.45) is -7.07. The standard InChI is InChI=1S/C14H15BrClNO6/c15-5-1-2-7-6(3-5)12(13(16)17-7)23-14-11(21)10(20)9(19)8(4-18)22-14/h1-3,8-11,14,17-21H,4H2/t8-,9+,10+,11-,14?/m1/s1/i/hD. The molecule has 0 amide bonds. The van der Waals surface area contributed by atoms with E-state index >= 15 is 0 Å². The molecule has 1 aromatic carbocycles. The van der Waals surface area contributed by atoms with E-state index in [4.69, 9.17) is 22.5 Å². The van der Waals surface area contributed by atoms with Crippen molar-refractivity contribution >= 4 is 38.4 Å². The molecule has 2 heterocycles. The summed E-state index contributed by atoms with van der Waals surface area (Å²) in [5, 5.41) is 39.4. The normalized spacial score (nSPS) is 32.1. The molecular formula is C14H15BrClNO6. The van der Waals surface area contributed by atoms with E-state index in [2.05, 4.69) is 15.9 Å². The molecule has 5 N–H and O–H groups in total. The third-order valence-corrected chi connectivity index (χ3v) is 4.44. The number of fused-ring (bicyclic) bond motifs is 1. The lowest BCUT2D eigenvalue weighted by atomic mass is 9.99. The zero-order valence-electron chi connectivity index (χ0n) is 12.6. The maximum Gasteiger partial charge on any atom is 0.229 e. The highest BCUT2D eigenvalue weighted by molar-refractivity contribution is 9.10. The molecule has 7 nitrogen and oxygen atoms in total. The molecule has 1 aliphatic rings. The Balaban J connectivity index is 1.97. The van der Waals surface area contributed by atoms with E-state index in [0.717, 1.165) is 9.45 Å². The number of hydrogen-bond donors (Lipinski definition) is 5. The van der Waals surface area contributed by atoms with Crippen molar-refractivity contribution in [3.05, 3.63) is 27.8 Å². The highest BCUT2D eigenvalue weighted by atomic mass is 79.9. The zero-order valence-corrected chi connectivity index (χ0v) is 14.0. The van der Waals surface area contributed by atoms with Gasteiger partial charge in [-0.2, -0.15) is 0 Å². The van der Waals surface area contributed by atoms with Gasteiger partial charge in [-0.3, -0.25) is 0 Å². The number of nitrogens with one attached hydrogen (secondary N) is 1. The number of ether oxygens (including phenoxy) is 2. The Morgan fingerprint density at radius 2 is 2.04 bits per heavy atom. The van der Waals surface area contributed by atoms with Crippen molar-refractivity contribution in [1.82, 2.24) is 4.98 Å². The molecule has 1 aliphatic heterocycles. The maximum atomic E-state index is 10.1. The summed E-state index contributed by atoms with van der Waals surface area (Å²) in [6.45, 7) is -0.565. The SMILES string of the molecule is [2H]n1c(Cl)c(OC2O[C@H](CO)[C@H](O)[C@H](O)[C@H]2O)c2cc(Br)ccc21. The van der Waals surface area contributed by atoms with Gasteiger partial charge in [0, 0.05) is 9.86 Å². The Labute approximate surface area is 146 Å². The van der Waals surface area contributed by atoms with Gasteiger partial charge in [0.05, 0.1) is 12.1 Å². The number of aliphatic hydroxyl groups is 4. The van der Waals surface area contributed by atoms with E-state index in [1.165, 1.54) is 0 Å². The molecule has 0 bridgehead atoms. The third kappa shape index (κ3) is 3.08. The van der Waals surface area contributed by atoms with Crippen LogP contribution in [0.2, 0.25) is 6.56 Å². The number of halogens is 2. The van der Waals surface area contributed by atoms with Gasteiger partial charge < -0.3 is 34.9 Å². The number of rotatable bonds is 3. The summed E-state index contributed by atoms with van der Waals surface area (Å²) in [5.74, 6) is 0.0901. The van der Waals surface area contributed by atoms with Crippen molar-refractivity contribution in [2.75, 3.05) is 6.61 Å². The first kappa shape index (κ1) is 15.6. The summed E-state index contributed by atoms with van der Waals surface area (Å²) in [4.78, 5) is 0.961. The summed E-state index contributed by atoms with van der Waals surface area (Å²) in [7, 11) is 0. The van der Waals surface area contributed by atoms with Crippen LogP contribution in [0.5, 0.6) is 5.75 Å². The number of hydrogen-bond acceptors (Lipinski definition) is 6. The Bertz CT molecular complexity index is 756. The maximum absolute atomic E-state index is 10.1. The van der Waals surface area contributed by atoms with Crippen LogP contribution in [0.1, 0.15) is 0 Å². The third-order valence-electron chi connectivity index (χ3n) is 3.69. The first-order valence-electron chi connectivity index (χ1n) is 7.25. The molecule has 2 aromatic rings. The van der Waals surface area contributed by atoms with Gasteiger partial charge in [-0.05, 0) is 18.2 Å². The van der Waals surface area contributed by atoms with Crippen LogP contribution in [0.4, 0.5) is 0 Å². The molecule has 1 fully saturated rings.